The number of hydrogen-bond acceptors (Lipinski definition) is 2. The van der Waals surface area contributed by atoms with Gasteiger partial charge in [-0.15, -0.1) is 6.42 Å². The van der Waals surface area contributed by atoms with Crippen LogP contribution in [0.25, 0.3) is 0 Å². The van der Waals surface area contributed by atoms with Gasteiger partial charge in [-0.3, -0.25) is 0 Å². The highest BCUT2D eigenvalue weighted by molar-refractivity contribution is 5.30. The minimum absolute atomic E-state index is 0.887. The summed E-state index contributed by atoms with van der Waals surface area (Å²) in [5.41, 5.74) is 3.90. The molecule has 0 bridgehead atoms. The van der Waals surface area contributed by atoms with Crippen LogP contribution in [0.4, 0.5) is 0 Å². The molecule has 24 heavy (non-hydrogen) atoms. The van der Waals surface area contributed by atoms with E-state index >= 15 is 0 Å². The third-order valence-corrected chi connectivity index (χ3v) is 4.08. The molecule has 0 aliphatic rings. The smallest absolute Gasteiger partial charge is 0.118 e. The number of methoxy groups -OCH3 is 2. The molecule has 2 rings (SSSR count). The molecule has 0 spiro atoms. The molecule has 2 aromatic carbocycles. The van der Waals surface area contributed by atoms with Crippen LogP contribution < -0.4 is 9.47 Å². The van der Waals surface area contributed by atoms with E-state index in [1.54, 1.807) is 14.2 Å². The minimum atomic E-state index is 0.887. The lowest BCUT2D eigenvalue weighted by Gasteiger charge is -2.08. The van der Waals surface area contributed by atoms with Crippen LogP contribution in [-0.4, -0.2) is 14.2 Å². The highest BCUT2D eigenvalue weighted by Crippen LogP contribution is 2.19. The SMILES string of the molecule is C#CC=C(CCc1ccc(OC)cc1)CCc1ccc(OC)cc1. The summed E-state index contributed by atoms with van der Waals surface area (Å²) in [6.07, 6.45) is 11.3. The number of rotatable bonds is 8. The molecular formula is C22H24O2. The fraction of sp³-hybridized carbons (Fsp3) is 0.273. The van der Waals surface area contributed by atoms with E-state index in [0.717, 1.165) is 37.2 Å². The highest BCUT2D eigenvalue weighted by atomic mass is 16.5. The summed E-state index contributed by atoms with van der Waals surface area (Å²) >= 11 is 0. The fourth-order valence-electron chi connectivity index (χ4n) is 2.58. The first-order chi connectivity index (χ1) is 11.7. The predicted octanol–water partition coefficient (Wildman–Crippen LogP) is 4.83. The second-order valence-corrected chi connectivity index (χ2v) is 5.67. The summed E-state index contributed by atoms with van der Waals surface area (Å²) in [5.74, 6) is 4.45. The van der Waals surface area contributed by atoms with E-state index in [0.29, 0.717) is 0 Å². The summed E-state index contributed by atoms with van der Waals surface area (Å²) in [4.78, 5) is 0. The number of aryl methyl sites for hydroxylation is 2. The Labute approximate surface area is 145 Å². The minimum Gasteiger partial charge on any atom is -0.497 e. The van der Waals surface area contributed by atoms with E-state index in [1.807, 2.05) is 30.3 Å². The Morgan fingerprint density at radius 3 is 1.58 bits per heavy atom. The Hall–Kier alpha value is -2.66. The molecule has 0 aromatic heterocycles. The van der Waals surface area contributed by atoms with Crippen LogP contribution in [0, 0.1) is 12.3 Å². The van der Waals surface area contributed by atoms with Gasteiger partial charge in [-0.2, -0.15) is 0 Å². The lowest BCUT2D eigenvalue weighted by atomic mass is 9.98. The van der Waals surface area contributed by atoms with Gasteiger partial charge in [0.25, 0.3) is 0 Å². The standard InChI is InChI=1S/C22H24O2/c1-4-5-18(6-8-19-10-14-21(23-2)15-11-19)7-9-20-12-16-22(24-3)17-13-20/h1,5,10-17H,6-9H2,2-3H3. The molecule has 2 aromatic rings. The summed E-state index contributed by atoms with van der Waals surface area (Å²) in [7, 11) is 3.36. The molecule has 0 fully saturated rings. The van der Waals surface area contributed by atoms with Gasteiger partial charge >= 0.3 is 0 Å². The van der Waals surface area contributed by atoms with E-state index < -0.39 is 0 Å². The molecule has 0 heterocycles. The van der Waals surface area contributed by atoms with Gasteiger partial charge in [0, 0.05) is 0 Å². The number of ether oxygens (including phenoxy) is 2. The first-order valence-corrected chi connectivity index (χ1v) is 8.15. The Balaban J connectivity index is 1.89. The molecule has 0 aliphatic heterocycles. The second kappa shape index (κ2) is 9.47. The molecule has 0 radical (unpaired) electrons. The van der Waals surface area contributed by atoms with Gasteiger partial charge in [-0.1, -0.05) is 35.8 Å². The van der Waals surface area contributed by atoms with Crippen molar-refractivity contribution >= 4 is 0 Å². The predicted molar refractivity (Wildman–Crippen MR) is 99.5 cm³/mol. The van der Waals surface area contributed by atoms with Crippen LogP contribution in [0.5, 0.6) is 11.5 Å². The zero-order chi connectivity index (χ0) is 17.2. The third-order valence-electron chi connectivity index (χ3n) is 4.08. The zero-order valence-electron chi connectivity index (χ0n) is 14.4. The van der Waals surface area contributed by atoms with Crippen LogP contribution in [-0.2, 0) is 12.8 Å². The van der Waals surface area contributed by atoms with E-state index in [1.165, 1.54) is 16.7 Å². The van der Waals surface area contributed by atoms with Gasteiger partial charge in [-0.25, -0.2) is 0 Å². The van der Waals surface area contributed by atoms with Gasteiger partial charge in [0.1, 0.15) is 11.5 Å². The van der Waals surface area contributed by atoms with Crippen molar-refractivity contribution in [2.45, 2.75) is 25.7 Å². The van der Waals surface area contributed by atoms with Crippen LogP contribution in [0.15, 0.2) is 60.2 Å². The monoisotopic (exact) mass is 320 g/mol. The lowest BCUT2D eigenvalue weighted by Crippen LogP contribution is -1.94. The highest BCUT2D eigenvalue weighted by Gasteiger charge is 2.02. The Morgan fingerprint density at radius 2 is 1.25 bits per heavy atom. The largest absolute Gasteiger partial charge is 0.497 e. The maximum Gasteiger partial charge on any atom is 0.118 e. The first kappa shape index (κ1) is 17.7. The lowest BCUT2D eigenvalue weighted by molar-refractivity contribution is 0.414. The normalized spacial score (nSPS) is 9.88. The van der Waals surface area contributed by atoms with E-state index in [4.69, 9.17) is 15.9 Å². The van der Waals surface area contributed by atoms with Gasteiger partial charge in [0.15, 0.2) is 0 Å². The molecule has 2 nitrogen and oxygen atoms in total. The van der Waals surface area contributed by atoms with Crippen LogP contribution in [0.3, 0.4) is 0 Å². The van der Waals surface area contributed by atoms with Crippen molar-refractivity contribution in [3.8, 4) is 23.8 Å². The summed E-state index contributed by atoms with van der Waals surface area (Å²) in [6, 6.07) is 16.4. The van der Waals surface area contributed by atoms with Crippen molar-refractivity contribution in [3.05, 3.63) is 71.3 Å². The Bertz CT molecular complexity index is 635. The van der Waals surface area contributed by atoms with Crippen molar-refractivity contribution in [2.24, 2.45) is 0 Å². The van der Waals surface area contributed by atoms with Gasteiger partial charge < -0.3 is 9.47 Å². The molecule has 0 amide bonds. The van der Waals surface area contributed by atoms with Crippen molar-refractivity contribution in [3.63, 3.8) is 0 Å². The molecular weight excluding hydrogens is 296 g/mol. The van der Waals surface area contributed by atoms with Crippen molar-refractivity contribution in [2.75, 3.05) is 14.2 Å². The molecule has 0 aliphatic carbocycles. The third kappa shape index (κ3) is 5.52. The number of hydrogen-bond donors (Lipinski definition) is 0. The van der Waals surface area contributed by atoms with Gasteiger partial charge in [-0.05, 0) is 67.2 Å². The maximum atomic E-state index is 5.48. The summed E-state index contributed by atoms with van der Waals surface area (Å²) in [6.45, 7) is 0. The number of benzene rings is 2. The average molecular weight is 320 g/mol. The average Bonchev–Trinajstić information content (AvgIpc) is 2.65. The molecule has 0 atom stereocenters. The van der Waals surface area contributed by atoms with Crippen LogP contribution in [0.2, 0.25) is 0 Å². The van der Waals surface area contributed by atoms with Gasteiger partial charge in [0.2, 0.25) is 0 Å². The maximum absolute atomic E-state index is 5.48. The van der Waals surface area contributed by atoms with Crippen LogP contribution >= 0.6 is 0 Å². The molecule has 0 unspecified atom stereocenters. The molecule has 0 N–H and O–H groups in total. The molecule has 2 heteroatoms. The molecule has 0 saturated carbocycles. The molecule has 0 saturated heterocycles. The van der Waals surface area contributed by atoms with Crippen molar-refractivity contribution in [1.82, 2.24) is 0 Å². The Kier molecular flexibility index (Phi) is 6.98. The molecule has 124 valence electrons. The topological polar surface area (TPSA) is 18.5 Å². The Morgan fingerprint density at radius 1 is 0.833 bits per heavy atom. The number of terminal acetylenes is 1. The quantitative estimate of drug-likeness (QED) is 0.649. The van der Waals surface area contributed by atoms with E-state index in [-0.39, 0.29) is 0 Å². The fourth-order valence-corrected chi connectivity index (χ4v) is 2.58. The van der Waals surface area contributed by atoms with E-state index in [2.05, 4.69) is 30.2 Å². The summed E-state index contributed by atoms with van der Waals surface area (Å²) < 4.78 is 10.4. The van der Waals surface area contributed by atoms with Crippen molar-refractivity contribution < 1.29 is 9.47 Å². The van der Waals surface area contributed by atoms with Crippen LogP contribution in [0.1, 0.15) is 24.0 Å². The van der Waals surface area contributed by atoms with Gasteiger partial charge in [0.05, 0.1) is 14.2 Å². The van der Waals surface area contributed by atoms with E-state index in [9.17, 15) is 0 Å². The number of allylic oxidation sites excluding steroid dienone is 2. The van der Waals surface area contributed by atoms with Crippen molar-refractivity contribution in [1.29, 1.82) is 0 Å². The zero-order valence-corrected chi connectivity index (χ0v) is 14.4. The summed E-state index contributed by atoms with van der Waals surface area (Å²) in [5, 5.41) is 0. The second-order valence-electron chi connectivity index (χ2n) is 5.67. The first-order valence-electron chi connectivity index (χ1n) is 8.15.